The number of oxazole rings is 1. The summed E-state index contributed by atoms with van der Waals surface area (Å²) in [5.41, 5.74) is 0.634. The molecule has 164 valence electrons. The summed E-state index contributed by atoms with van der Waals surface area (Å²) in [6.45, 7) is 11.7. The predicted octanol–water partition coefficient (Wildman–Crippen LogP) is 3.83. The average Bonchev–Trinajstić information content (AvgIpc) is 3.35. The molecule has 1 aromatic heterocycles. The predicted molar refractivity (Wildman–Crippen MR) is 115 cm³/mol. The first-order chi connectivity index (χ1) is 14.3. The number of aromatic nitrogens is 1. The number of anilines is 1. The lowest BCUT2D eigenvalue weighted by Crippen LogP contribution is -2.40. The fraction of sp³-hybridized carbons (Fsp3) is 0.545. The normalized spacial score (nSPS) is 17.5. The molecule has 0 spiro atoms. The van der Waals surface area contributed by atoms with Crippen LogP contribution in [0.25, 0.3) is 0 Å². The fourth-order valence-corrected chi connectivity index (χ4v) is 3.38. The van der Waals surface area contributed by atoms with E-state index in [1.54, 1.807) is 12.3 Å². The van der Waals surface area contributed by atoms with Crippen molar-refractivity contribution in [2.45, 2.75) is 46.1 Å². The summed E-state index contributed by atoms with van der Waals surface area (Å²) in [6.07, 6.45) is 2.73. The topological polar surface area (TPSA) is 65.7 Å². The Morgan fingerprint density at radius 3 is 2.73 bits per heavy atom. The minimum absolute atomic E-state index is 0.0838. The number of nitrogens with one attached hydrogen (secondary N) is 2. The van der Waals surface area contributed by atoms with Gasteiger partial charge in [-0.2, -0.15) is 0 Å². The van der Waals surface area contributed by atoms with Crippen LogP contribution in [0.4, 0.5) is 14.5 Å². The van der Waals surface area contributed by atoms with Crippen molar-refractivity contribution in [2.75, 3.05) is 31.1 Å². The number of guanidine groups is 1. The number of nitrogens with zero attached hydrogens (tertiary/aromatic N) is 3. The molecule has 0 bridgehead atoms. The Hall–Kier alpha value is -2.64. The summed E-state index contributed by atoms with van der Waals surface area (Å²) in [7, 11) is 0. The molecule has 0 saturated carbocycles. The van der Waals surface area contributed by atoms with Gasteiger partial charge in [0.05, 0.1) is 6.20 Å². The van der Waals surface area contributed by atoms with Crippen LogP contribution in [0, 0.1) is 17.6 Å². The Labute approximate surface area is 176 Å². The minimum Gasteiger partial charge on any atom is -0.443 e. The maximum absolute atomic E-state index is 13.5. The molecule has 2 aromatic rings. The molecule has 1 aliphatic heterocycles. The molecule has 0 aliphatic carbocycles. The zero-order valence-electron chi connectivity index (χ0n) is 18.1. The highest BCUT2D eigenvalue weighted by molar-refractivity contribution is 5.79. The Kier molecular flexibility index (Phi) is 6.95. The fourth-order valence-electron chi connectivity index (χ4n) is 3.38. The van der Waals surface area contributed by atoms with Crippen LogP contribution in [0.5, 0.6) is 0 Å². The smallest absolute Gasteiger partial charge is 0.216 e. The number of aliphatic imine (C=N–C) groups is 1. The Bertz CT molecular complexity index is 875. The molecule has 0 radical (unpaired) electrons. The number of halogens is 2. The summed E-state index contributed by atoms with van der Waals surface area (Å²) in [5.74, 6) is 0.895. The van der Waals surface area contributed by atoms with Gasteiger partial charge in [-0.1, -0.05) is 20.8 Å². The molecule has 1 aromatic carbocycles. The standard InChI is InChI=1S/C22H31F2N5O/c1-5-25-21(28-13-20-26-12-19(30-20)22(2,3)4)27-11-15-8-9-29(14-15)16-6-7-17(23)18(24)10-16/h6-7,10,12,15H,5,8-9,11,13-14H2,1-4H3,(H2,25,27,28). The highest BCUT2D eigenvalue weighted by Gasteiger charge is 2.24. The van der Waals surface area contributed by atoms with Crippen LogP contribution in [0.2, 0.25) is 0 Å². The summed E-state index contributed by atoms with van der Waals surface area (Å²) in [6, 6.07) is 4.07. The lowest BCUT2D eigenvalue weighted by molar-refractivity contribution is 0.383. The molecule has 2 heterocycles. The van der Waals surface area contributed by atoms with Crippen molar-refractivity contribution in [1.29, 1.82) is 0 Å². The van der Waals surface area contributed by atoms with E-state index in [-0.39, 0.29) is 5.41 Å². The van der Waals surface area contributed by atoms with Crippen LogP contribution >= 0.6 is 0 Å². The molecular formula is C22H31F2N5O. The average molecular weight is 420 g/mol. The van der Waals surface area contributed by atoms with Gasteiger partial charge in [-0.3, -0.25) is 0 Å². The molecule has 1 fully saturated rings. The zero-order chi connectivity index (χ0) is 21.7. The lowest BCUT2D eigenvalue weighted by Gasteiger charge is -2.19. The van der Waals surface area contributed by atoms with Gasteiger partial charge in [0.25, 0.3) is 0 Å². The second kappa shape index (κ2) is 9.45. The Morgan fingerprint density at radius 1 is 1.27 bits per heavy atom. The number of hydrogen-bond acceptors (Lipinski definition) is 4. The van der Waals surface area contributed by atoms with E-state index >= 15 is 0 Å². The maximum Gasteiger partial charge on any atom is 0.216 e. The molecule has 1 saturated heterocycles. The Balaban J connectivity index is 1.53. The minimum atomic E-state index is -0.816. The van der Waals surface area contributed by atoms with Gasteiger partial charge in [0.1, 0.15) is 12.3 Å². The summed E-state index contributed by atoms with van der Waals surface area (Å²) in [5, 5.41) is 6.61. The van der Waals surface area contributed by atoms with Crippen LogP contribution < -0.4 is 15.5 Å². The molecule has 3 rings (SSSR count). The van der Waals surface area contributed by atoms with Gasteiger partial charge in [0.15, 0.2) is 17.6 Å². The van der Waals surface area contributed by atoms with Crippen molar-refractivity contribution in [1.82, 2.24) is 15.6 Å². The van der Waals surface area contributed by atoms with E-state index in [4.69, 9.17) is 4.42 Å². The first kappa shape index (κ1) is 22.1. The largest absolute Gasteiger partial charge is 0.443 e. The van der Waals surface area contributed by atoms with Gasteiger partial charge in [-0.15, -0.1) is 0 Å². The van der Waals surface area contributed by atoms with Crippen LogP contribution in [-0.2, 0) is 12.0 Å². The van der Waals surface area contributed by atoms with Crippen LogP contribution in [0.15, 0.2) is 33.8 Å². The van der Waals surface area contributed by atoms with Crippen LogP contribution in [0.1, 0.15) is 45.8 Å². The summed E-state index contributed by atoms with van der Waals surface area (Å²) < 4.78 is 32.5. The maximum atomic E-state index is 13.5. The van der Waals surface area contributed by atoms with Crippen molar-refractivity contribution in [2.24, 2.45) is 10.9 Å². The highest BCUT2D eigenvalue weighted by atomic mass is 19.2. The lowest BCUT2D eigenvalue weighted by atomic mass is 9.94. The summed E-state index contributed by atoms with van der Waals surface area (Å²) in [4.78, 5) is 11.0. The molecule has 6 nitrogen and oxygen atoms in total. The van der Waals surface area contributed by atoms with Crippen LogP contribution in [-0.4, -0.2) is 37.1 Å². The van der Waals surface area contributed by atoms with E-state index in [0.29, 0.717) is 24.3 Å². The third kappa shape index (κ3) is 5.70. The van der Waals surface area contributed by atoms with E-state index in [9.17, 15) is 8.78 Å². The molecule has 2 N–H and O–H groups in total. The molecule has 30 heavy (non-hydrogen) atoms. The first-order valence-electron chi connectivity index (χ1n) is 10.4. The van der Waals surface area contributed by atoms with Gasteiger partial charge in [-0.05, 0) is 31.4 Å². The van der Waals surface area contributed by atoms with Crippen molar-refractivity contribution >= 4 is 11.6 Å². The van der Waals surface area contributed by atoms with E-state index in [2.05, 4.69) is 46.3 Å². The second-order valence-electron chi connectivity index (χ2n) is 8.64. The van der Waals surface area contributed by atoms with Crippen LogP contribution in [0.3, 0.4) is 0 Å². The van der Waals surface area contributed by atoms with Crippen molar-refractivity contribution in [3.63, 3.8) is 0 Å². The molecule has 1 unspecified atom stereocenters. The van der Waals surface area contributed by atoms with Gasteiger partial charge < -0.3 is 20.0 Å². The summed E-state index contributed by atoms with van der Waals surface area (Å²) >= 11 is 0. The van der Waals surface area contributed by atoms with E-state index < -0.39 is 11.6 Å². The first-order valence-corrected chi connectivity index (χ1v) is 10.4. The SMILES string of the molecule is CCNC(=NCc1ncc(C(C)(C)C)o1)NCC1CCN(c2ccc(F)c(F)c2)C1. The van der Waals surface area contributed by atoms with Crippen molar-refractivity contribution in [3.05, 3.63) is 47.7 Å². The molecule has 1 atom stereocenters. The van der Waals surface area contributed by atoms with E-state index in [1.807, 2.05) is 6.92 Å². The van der Waals surface area contributed by atoms with Crippen molar-refractivity contribution in [3.8, 4) is 0 Å². The highest BCUT2D eigenvalue weighted by Crippen LogP contribution is 2.25. The molecule has 8 heteroatoms. The van der Waals surface area contributed by atoms with Gasteiger partial charge in [-0.25, -0.2) is 18.8 Å². The molecular weight excluding hydrogens is 388 g/mol. The quantitative estimate of drug-likeness (QED) is 0.550. The molecule has 1 aliphatic rings. The third-order valence-electron chi connectivity index (χ3n) is 5.12. The van der Waals surface area contributed by atoms with Crippen molar-refractivity contribution < 1.29 is 13.2 Å². The second-order valence-corrected chi connectivity index (χ2v) is 8.64. The zero-order valence-corrected chi connectivity index (χ0v) is 18.1. The number of benzene rings is 1. The third-order valence-corrected chi connectivity index (χ3v) is 5.12. The van der Waals surface area contributed by atoms with Gasteiger partial charge in [0, 0.05) is 43.3 Å². The van der Waals surface area contributed by atoms with E-state index in [1.165, 1.54) is 12.1 Å². The Morgan fingerprint density at radius 2 is 2.07 bits per heavy atom. The number of rotatable bonds is 6. The number of hydrogen-bond donors (Lipinski definition) is 2. The monoisotopic (exact) mass is 419 g/mol. The van der Waals surface area contributed by atoms with Gasteiger partial charge >= 0.3 is 0 Å². The van der Waals surface area contributed by atoms with Gasteiger partial charge in [0.2, 0.25) is 5.89 Å². The molecule has 0 amide bonds. The van der Waals surface area contributed by atoms with E-state index in [0.717, 1.165) is 44.0 Å².